The third-order valence-corrected chi connectivity index (χ3v) is 3.73. The lowest BCUT2D eigenvalue weighted by Gasteiger charge is -2.42. The van der Waals surface area contributed by atoms with Crippen LogP contribution in [-0.4, -0.2) is 41.1 Å². The molecular weight excluding hydrogens is 296 g/mol. The monoisotopic (exact) mass is 312 g/mol. The van der Waals surface area contributed by atoms with Crippen molar-refractivity contribution in [2.75, 3.05) is 19.6 Å². The van der Waals surface area contributed by atoms with Gasteiger partial charge in [0, 0.05) is 24.1 Å². The Balaban J connectivity index is 2.30. The molecule has 0 unspecified atom stereocenters. The molecule has 98 valence electrons. The third-order valence-electron chi connectivity index (χ3n) is 3.24. The number of piperazine rings is 1. The van der Waals surface area contributed by atoms with Crippen LogP contribution in [0.4, 0.5) is 0 Å². The molecule has 1 aliphatic rings. The van der Waals surface area contributed by atoms with Crippen LogP contribution < -0.4 is 5.32 Å². The number of phenolic OH excluding ortho intramolecular Hbond substituents is 1. The molecule has 2 rings (SSSR count). The molecule has 0 bridgehead atoms. The van der Waals surface area contributed by atoms with E-state index in [1.54, 1.807) is 18.2 Å². The van der Waals surface area contributed by atoms with Gasteiger partial charge in [-0.3, -0.25) is 4.79 Å². The predicted molar refractivity (Wildman–Crippen MR) is 73.8 cm³/mol. The average Bonchev–Trinajstić information content (AvgIpc) is 2.27. The normalized spacial score (nSPS) is 18.7. The van der Waals surface area contributed by atoms with Gasteiger partial charge >= 0.3 is 0 Å². The molecule has 18 heavy (non-hydrogen) atoms. The van der Waals surface area contributed by atoms with Gasteiger partial charge in [-0.15, -0.1) is 0 Å². The first-order chi connectivity index (χ1) is 8.42. The highest BCUT2D eigenvalue weighted by atomic mass is 79.9. The van der Waals surface area contributed by atoms with Gasteiger partial charge in [0.2, 0.25) is 0 Å². The lowest BCUT2D eigenvalue weighted by molar-refractivity contribution is 0.0474. The van der Waals surface area contributed by atoms with E-state index in [4.69, 9.17) is 0 Å². The SMILES string of the molecule is CC1(C)CNCCN1C(=O)c1ccc(Br)cc1O. The van der Waals surface area contributed by atoms with Crippen LogP contribution in [0.25, 0.3) is 0 Å². The fraction of sp³-hybridized carbons (Fsp3) is 0.462. The van der Waals surface area contributed by atoms with E-state index in [0.717, 1.165) is 17.6 Å². The number of aromatic hydroxyl groups is 1. The first-order valence-corrected chi connectivity index (χ1v) is 6.72. The van der Waals surface area contributed by atoms with Crippen molar-refractivity contribution in [2.24, 2.45) is 0 Å². The van der Waals surface area contributed by atoms with Crippen molar-refractivity contribution in [1.82, 2.24) is 10.2 Å². The molecule has 1 aliphatic heterocycles. The second kappa shape index (κ2) is 4.90. The molecule has 0 saturated carbocycles. The molecule has 0 aliphatic carbocycles. The summed E-state index contributed by atoms with van der Waals surface area (Å²) in [7, 11) is 0. The fourth-order valence-corrected chi connectivity index (χ4v) is 2.54. The zero-order valence-electron chi connectivity index (χ0n) is 10.5. The standard InChI is InChI=1S/C13H17BrN2O2/c1-13(2)8-15-5-6-16(13)12(18)10-4-3-9(14)7-11(10)17/h3-4,7,15,17H,5-6,8H2,1-2H3. The average molecular weight is 313 g/mol. The molecule has 1 amide bonds. The summed E-state index contributed by atoms with van der Waals surface area (Å²) in [5.41, 5.74) is 0.114. The molecule has 1 aromatic rings. The number of amides is 1. The van der Waals surface area contributed by atoms with Gasteiger partial charge in [0.15, 0.2) is 0 Å². The van der Waals surface area contributed by atoms with Crippen LogP contribution in [0.3, 0.4) is 0 Å². The molecule has 0 radical (unpaired) electrons. The molecule has 4 nitrogen and oxygen atoms in total. The molecule has 1 heterocycles. The van der Waals surface area contributed by atoms with Gasteiger partial charge < -0.3 is 15.3 Å². The van der Waals surface area contributed by atoms with Crippen molar-refractivity contribution in [2.45, 2.75) is 19.4 Å². The number of rotatable bonds is 1. The van der Waals surface area contributed by atoms with E-state index in [1.807, 2.05) is 18.7 Å². The van der Waals surface area contributed by atoms with Gasteiger partial charge in [-0.25, -0.2) is 0 Å². The first kappa shape index (κ1) is 13.4. The Morgan fingerprint density at radius 2 is 2.22 bits per heavy atom. The second-order valence-corrected chi connectivity index (χ2v) is 6.02. The van der Waals surface area contributed by atoms with Gasteiger partial charge in [0.25, 0.3) is 5.91 Å². The zero-order valence-corrected chi connectivity index (χ0v) is 12.1. The van der Waals surface area contributed by atoms with E-state index < -0.39 is 0 Å². The Morgan fingerprint density at radius 1 is 1.50 bits per heavy atom. The number of carbonyl (C=O) groups excluding carboxylic acids is 1. The van der Waals surface area contributed by atoms with Gasteiger partial charge in [-0.05, 0) is 32.0 Å². The van der Waals surface area contributed by atoms with E-state index in [0.29, 0.717) is 12.1 Å². The zero-order chi connectivity index (χ0) is 13.3. The topological polar surface area (TPSA) is 52.6 Å². The van der Waals surface area contributed by atoms with Gasteiger partial charge in [0.1, 0.15) is 5.75 Å². The number of benzene rings is 1. The third kappa shape index (κ3) is 2.52. The maximum absolute atomic E-state index is 12.5. The lowest BCUT2D eigenvalue weighted by atomic mass is 9.98. The Bertz CT molecular complexity index is 474. The molecule has 1 fully saturated rings. The van der Waals surface area contributed by atoms with Crippen LogP contribution in [0, 0.1) is 0 Å². The van der Waals surface area contributed by atoms with Crippen LogP contribution in [-0.2, 0) is 0 Å². The minimum Gasteiger partial charge on any atom is -0.507 e. The summed E-state index contributed by atoms with van der Waals surface area (Å²) in [5, 5.41) is 13.1. The quantitative estimate of drug-likeness (QED) is 0.833. The molecule has 1 saturated heterocycles. The summed E-state index contributed by atoms with van der Waals surface area (Å²) in [5.74, 6) is -0.102. The number of hydrogen-bond donors (Lipinski definition) is 2. The molecule has 0 aromatic heterocycles. The highest BCUT2D eigenvalue weighted by Crippen LogP contribution is 2.26. The summed E-state index contributed by atoms with van der Waals surface area (Å²) < 4.78 is 0.760. The van der Waals surface area contributed by atoms with Gasteiger partial charge in [-0.2, -0.15) is 0 Å². The number of hydrogen-bond acceptors (Lipinski definition) is 3. The lowest BCUT2D eigenvalue weighted by Crippen LogP contribution is -2.59. The summed E-state index contributed by atoms with van der Waals surface area (Å²) in [6.07, 6.45) is 0. The molecule has 1 aromatic carbocycles. The van der Waals surface area contributed by atoms with E-state index >= 15 is 0 Å². The van der Waals surface area contributed by atoms with Crippen molar-refractivity contribution in [3.63, 3.8) is 0 Å². The van der Waals surface area contributed by atoms with Crippen molar-refractivity contribution >= 4 is 21.8 Å². The molecule has 0 spiro atoms. The van der Waals surface area contributed by atoms with Crippen LogP contribution in [0.2, 0.25) is 0 Å². The van der Waals surface area contributed by atoms with Crippen molar-refractivity contribution in [1.29, 1.82) is 0 Å². The second-order valence-electron chi connectivity index (χ2n) is 5.11. The fourth-order valence-electron chi connectivity index (χ4n) is 2.19. The molecule has 5 heteroatoms. The van der Waals surface area contributed by atoms with E-state index in [2.05, 4.69) is 21.2 Å². The number of nitrogens with zero attached hydrogens (tertiary/aromatic N) is 1. The number of carbonyl (C=O) groups is 1. The number of halogens is 1. The smallest absolute Gasteiger partial charge is 0.258 e. The van der Waals surface area contributed by atoms with Crippen LogP contribution >= 0.6 is 15.9 Å². The maximum Gasteiger partial charge on any atom is 0.258 e. The number of nitrogens with one attached hydrogen (secondary N) is 1. The summed E-state index contributed by atoms with van der Waals surface area (Å²) in [6.45, 7) is 6.24. The Labute approximate surface area is 115 Å². The van der Waals surface area contributed by atoms with Crippen molar-refractivity contribution in [3.05, 3.63) is 28.2 Å². The van der Waals surface area contributed by atoms with E-state index in [1.165, 1.54) is 0 Å². The van der Waals surface area contributed by atoms with Gasteiger partial charge in [-0.1, -0.05) is 15.9 Å². The van der Waals surface area contributed by atoms with Crippen molar-refractivity contribution < 1.29 is 9.90 Å². The van der Waals surface area contributed by atoms with Crippen LogP contribution in [0.1, 0.15) is 24.2 Å². The van der Waals surface area contributed by atoms with Crippen LogP contribution in [0.5, 0.6) is 5.75 Å². The Kier molecular flexibility index (Phi) is 3.64. The molecule has 2 N–H and O–H groups in total. The highest BCUT2D eigenvalue weighted by Gasteiger charge is 2.34. The summed E-state index contributed by atoms with van der Waals surface area (Å²) in [4.78, 5) is 14.3. The highest BCUT2D eigenvalue weighted by molar-refractivity contribution is 9.10. The predicted octanol–water partition coefficient (Wildman–Crippen LogP) is 1.98. The minimum absolute atomic E-state index is 0.0173. The number of phenols is 1. The first-order valence-electron chi connectivity index (χ1n) is 5.93. The minimum atomic E-state index is -0.241. The maximum atomic E-state index is 12.5. The van der Waals surface area contributed by atoms with Crippen LogP contribution in [0.15, 0.2) is 22.7 Å². The Hall–Kier alpha value is -1.07. The molecule has 0 atom stereocenters. The largest absolute Gasteiger partial charge is 0.507 e. The van der Waals surface area contributed by atoms with Crippen molar-refractivity contribution in [3.8, 4) is 5.75 Å². The molecular formula is C13H17BrN2O2. The Morgan fingerprint density at radius 3 is 2.83 bits per heavy atom. The summed E-state index contributed by atoms with van der Waals surface area (Å²) in [6, 6.07) is 4.96. The van der Waals surface area contributed by atoms with Gasteiger partial charge in [0.05, 0.1) is 11.1 Å². The van der Waals surface area contributed by atoms with E-state index in [-0.39, 0.29) is 17.2 Å². The summed E-state index contributed by atoms with van der Waals surface area (Å²) >= 11 is 3.27. The van der Waals surface area contributed by atoms with E-state index in [9.17, 15) is 9.90 Å².